The largest absolute Gasteiger partial charge is 0.465 e. The van der Waals surface area contributed by atoms with Gasteiger partial charge in [0.2, 0.25) is 0 Å². The first-order valence-electron chi connectivity index (χ1n) is 7.01. The van der Waals surface area contributed by atoms with Crippen molar-refractivity contribution in [1.29, 1.82) is 0 Å². The van der Waals surface area contributed by atoms with Crippen LogP contribution in [0.5, 0.6) is 0 Å². The van der Waals surface area contributed by atoms with E-state index in [4.69, 9.17) is 27.9 Å². The molecular formula is C15H18Cl2N2O2. The van der Waals surface area contributed by atoms with Crippen LogP contribution in [0.1, 0.15) is 39.4 Å². The molecule has 0 spiro atoms. The van der Waals surface area contributed by atoms with Gasteiger partial charge in [0.25, 0.3) is 0 Å². The number of aromatic amines is 1. The number of aromatic nitrogens is 2. The van der Waals surface area contributed by atoms with E-state index in [2.05, 4.69) is 9.97 Å². The maximum atomic E-state index is 12.4. The molecule has 0 fully saturated rings. The molecule has 0 unspecified atom stereocenters. The van der Waals surface area contributed by atoms with E-state index in [1.807, 2.05) is 13.8 Å². The average Bonchev–Trinajstić information content (AvgIpc) is 2.85. The monoisotopic (exact) mass is 328 g/mol. The quantitative estimate of drug-likeness (QED) is 0.822. The predicted octanol–water partition coefficient (Wildman–Crippen LogP) is 4.49. The fourth-order valence-electron chi connectivity index (χ4n) is 2.47. The van der Waals surface area contributed by atoms with E-state index < -0.39 is 5.41 Å². The topological polar surface area (TPSA) is 55.0 Å². The minimum absolute atomic E-state index is 0.258. The molecular weight excluding hydrogens is 311 g/mol. The highest BCUT2D eigenvalue weighted by atomic mass is 35.5. The van der Waals surface area contributed by atoms with Crippen molar-refractivity contribution in [2.45, 2.75) is 39.0 Å². The maximum Gasteiger partial charge on any atom is 0.319 e. The standard InChI is InChI=1S/C15H18Cl2N2O2/c1-4-15(5-2,14(20)21-6-3)13-18-11-7-9(16)10(17)8-12(11)19-13/h7-8H,4-6H2,1-3H3,(H,18,19). The van der Waals surface area contributed by atoms with Crippen LogP contribution < -0.4 is 0 Å². The summed E-state index contributed by atoms with van der Waals surface area (Å²) in [7, 11) is 0. The summed E-state index contributed by atoms with van der Waals surface area (Å²) in [5.41, 5.74) is 0.679. The highest BCUT2D eigenvalue weighted by Crippen LogP contribution is 2.34. The summed E-state index contributed by atoms with van der Waals surface area (Å²) < 4.78 is 5.24. The van der Waals surface area contributed by atoms with Crippen molar-refractivity contribution in [1.82, 2.24) is 9.97 Å². The lowest BCUT2D eigenvalue weighted by atomic mass is 9.81. The third-order valence-electron chi connectivity index (χ3n) is 3.85. The van der Waals surface area contributed by atoms with Gasteiger partial charge in [-0.25, -0.2) is 4.98 Å². The summed E-state index contributed by atoms with van der Waals surface area (Å²) >= 11 is 12.0. The van der Waals surface area contributed by atoms with E-state index in [1.54, 1.807) is 19.1 Å². The third-order valence-corrected chi connectivity index (χ3v) is 4.57. The van der Waals surface area contributed by atoms with Gasteiger partial charge in [0, 0.05) is 0 Å². The van der Waals surface area contributed by atoms with Crippen molar-refractivity contribution in [2.24, 2.45) is 0 Å². The Hall–Kier alpha value is -1.26. The number of carbonyl (C=O) groups is 1. The normalized spacial score (nSPS) is 11.9. The number of benzene rings is 1. The molecule has 114 valence electrons. The lowest BCUT2D eigenvalue weighted by molar-refractivity contribution is -0.150. The summed E-state index contributed by atoms with van der Waals surface area (Å²) in [5, 5.41) is 0.894. The summed E-state index contributed by atoms with van der Waals surface area (Å²) in [5.74, 6) is 0.338. The van der Waals surface area contributed by atoms with Crippen LogP contribution in [0, 0.1) is 0 Å². The number of nitrogens with one attached hydrogen (secondary N) is 1. The minimum Gasteiger partial charge on any atom is -0.465 e. The zero-order chi connectivity index (χ0) is 15.6. The minimum atomic E-state index is -0.770. The second-order valence-electron chi connectivity index (χ2n) is 4.88. The first kappa shape index (κ1) is 16.1. The molecule has 1 heterocycles. The molecule has 4 nitrogen and oxygen atoms in total. The van der Waals surface area contributed by atoms with E-state index in [9.17, 15) is 4.79 Å². The zero-order valence-electron chi connectivity index (χ0n) is 12.3. The number of esters is 1. The van der Waals surface area contributed by atoms with Crippen molar-refractivity contribution in [3.05, 3.63) is 28.0 Å². The van der Waals surface area contributed by atoms with Gasteiger partial charge in [-0.3, -0.25) is 4.79 Å². The predicted molar refractivity (Wildman–Crippen MR) is 85.0 cm³/mol. The van der Waals surface area contributed by atoms with E-state index in [1.165, 1.54) is 0 Å². The zero-order valence-corrected chi connectivity index (χ0v) is 13.8. The Kier molecular flexibility index (Phi) is 4.79. The van der Waals surface area contributed by atoms with Crippen molar-refractivity contribution in [3.8, 4) is 0 Å². The van der Waals surface area contributed by atoms with Gasteiger partial charge in [-0.2, -0.15) is 0 Å². The molecule has 1 aromatic heterocycles. The van der Waals surface area contributed by atoms with Crippen molar-refractivity contribution >= 4 is 40.2 Å². The number of hydrogen-bond acceptors (Lipinski definition) is 3. The van der Waals surface area contributed by atoms with Gasteiger partial charge < -0.3 is 9.72 Å². The Balaban J connectivity index is 2.57. The highest BCUT2D eigenvalue weighted by Gasteiger charge is 2.41. The first-order chi connectivity index (χ1) is 9.98. The molecule has 0 saturated heterocycles. The van der Waals surface area contributed by atoms with Gasteiger partial charge in [-0.15, -0.1) is 0 Å². The molecule has 0 bridgehead atoms. The van der Waals surface area contributed by atoms with Crippen molar-refractivity contribution < 1.29 is 9.53 Å². The molecule has 1 aromatic carbocycles. The molecule has 0 saturated carbocycles. The Morgan fingerprint density at radius 2 is 1.86 bits per heavy atom. The Morgan fingerprint density at radius 1 is 1.24 bits per heavy atom. The summed E-state index contributed by atoms with van der Waals surface area (Å²) in [6.07, 6.45) is 1.20. The number of nitrogens with zero attached hydrogens (tertiary/aromatic N) is 1. The maximum absolute atomic E-state index is 12.4. The van der Waals surface area contributed by atoms with Crippen LogP contribution in [0.3, 0.4) is 0 Å². The molecule has 0 radical (unpaired) electrons. The Morgan fingerprint density at radius 3 is 2.43 bits per heavy atom. The molecule has 6 heteroatoms. The second-order valence-corrected chi connectivity index (χ2v) is 5.69. The molecule has 0 aliphatic heterocycles. The molecule has 0 aliphatic carbocycles. The SMILES string of the molecule is CCOC(=O)C(CC)(CC)c1nc2cc(Cl)c(Cl)cc2[nH]1. The number of halogens is 2. The van der Waals surface area contributed by atoms with E-state index in [0.29, 0.717) is 40.8 Å². The molecule has 0 aliphatic rings. The summed E-state index contributed by atoms with van der Waals surface area (Å²) in [4.78, 5) is 20.1. The number of carbonyl (C=O) groups excluding carboxylic acids is 1. The van der Waals surface area contributed by atoms with E-state index in [0.717, 1.165) is 5.52 Å². The number of ether oxygens (including phenoxy) is 1. The van der Waals surface area contributed by atoms with Crippen LogP contribution in [-0.4, -0.2) is 22.5 Å². The number of fused-ring (bicyclic) bond motifs is 1. The van der Waals surface area contributed by atoms with E-state index in [-0.39, 0.29) is 5.97 Å². The van der Waals surface area contributed by atoms with Gasteiger partial charge in [0.15, 0.2) is 0 Å². The van der Waals surface area contributed by atoms with Gasteiger partial charge in [-0.05, 0) is 31.9 Å². The van der Waals surface area contributed by atoms with Crippen LogP contribution in [0.4, 0.5) is 0 Å². The number of H-pyrrole nitrogens is 1. The van der Waals surface area contributed by atoms with Crippen molar-refractivity contribution in [2.75, 3.05) is 6.61 Å². The smallest absolute Gasteiger partial charge is 0.319 e. The molecule has 0 atom stereocenters. The van der Waals surface area contributed by atoms with Gasteiger partial charge >= 0.3 is 5.97 Å². The molecule has 1 N–H and O–H groups in total. The molecule has 2 rings (SSSR count). The fraction of sp³-hybridized carbons (Fsp3) is 0.467. The molecule has 0 amide bonds. The lowest BCUT2D eigenvalue weighted by Gasteiger charge is -2.26. The third kappa shape index (κ3) is 2.74. The number of hydrogen-bond donors (Lipinski definition) is 1. The first-order valence-corrected chi connectivity index (χ1v) is 7.76. The van der Waals surface area contributed by atoms with E-state index >= 15 is 0 Å². The van der Waals surface area contributed by atoms with Crippen LogP contribution in [0.25, 0.3) is 11.0 Å². The molecule has 2 aromatic rings. The summed E-state index contributed by atoms with van der Waals surface area (Å²) in [6.45, 7) is 6.05. The van der Waals surface area contributed by atoms with Crippen LogP contribution in [-0.2, 0) is 14.9 Å². The molecule has 21 heavy (non-hydrogen) atoms. The van der Waals surface area contributed by atoms with Gasteiger partial charge in [0.05, 0.1) is 27.7 Å². The summed E-state index contributed by atoms with van der Waals surface area (Å²) in [6, 6.07) is 3.41. The average molecular weight is 329 g/mol. The second kappa shape index (κ2) is 6.24. The highest BCUT2D eigenvalue weighted by molar-refractivity contribution is 6.42. The van der Waals surface area contributed by atoms with Crippen LogP contribution in [0.2, 0.25) is 10.0 Å². The van der Waals surface area contributed by atoms with Crippen molar-refractivity contribution in [3.63, 3.8) is 0 Å². The Bertz CT molecular complexity index is 624. The Labute approximate surface area is 133 Å². The van der Waals surface area contributed by atoms with Crippen LogP contribution in [0.15, 0.2) is 12.1 Å². The van der Waals surface area contributed by atoms with Crippen LogP contribution >= 0.6 is 23.2 Å². The lowest BCUT2D eigenvalue weighted by Crippen LogP contribution is -2.37. The van der Waals surface area contributed by atoms with Gasteiger partial charge in [0.1, 0.15) is 11.2 Å². The fourth-order valence-corrected chi connectivity index (χ4v) is 2.79. The number of imidazole rings is 1. The number of rotatable bonds is 5. The van der Waals surface area contributed by atoms with Gasteiger partial charge in [-0.1, -0.05) is 37.0 Å².